The van der Waals surface area contributed by atoms with E-state index in [4.69, 9.17) is 0 Å². The van der Waals surface area contributed by atoms with Crippen LogP contribution in [0.15, 0.2) is 29.3 Å². The van der Waals surface area contributed by atoms with E-state index in [-0.39, 0.29) is 5.43 Å². The van der Waals surface area contributed by atoms with Crippen LogP contribution in [0, 0.1) is 0 Å². The molecule has 3 heteroatoms. The summed E-state index contributed by atoms with van der Waals surface area (Å²) in [5.74, 6) is 0. The Hall–Kier alpha value is -1.09. The molecule has 3 nitrogen and oxygen atoms in total. The Morgan fingerprint density at radius 1 is 1.29 bits per heavy atom. The van der Waals surface area contributed by atoms with E-state index in [1.165, 1.54) is 12.8 Å². The molecule has 0 unspecified atom stereocenters. The molecule has 0 fully saturated rings. The van der Waals surface area contributed by atoms with Crippen LogP contribution in [0.2, 0.25) is 0 Å². The normalized spacial score (nSPS) is 10.4. The number of hydrogen-bond donors (Lipinski definition) is 1. The zero-order chi connectivity index (χ0) is 10.2. The Balaban J connectivity index is 2.18. The summed E-state index contributed by atoms with van der Waals surface area (Å²) < 4.78 is 2.01. The number of nitrogens with zero attached hydrogens (tertiary/aromatic N) is 1. The fraction of sp³-hybridized carbons (Fsp3) is 0.545. The summed E-state index contributed by atoms with van der Waals surface area (Å²) in [7, 11) is 0. The molecule has 0 aliphatic carbocycles. The van der Waals surface area contributed by atoms with Crippen LogP contribution >= 0.6 is 0 Å². The molecule has 78 valence electrons. The van der Waals surface area contributed by atoms with Crippen molar-refractivity contribution in [1.82, 2.24) is 9.88 Å². The van der Waals surface area contributed by atoms with Gasteiger partial charge < -0.3 is 9.88 Å². The highest BCUT2D eigenvalue weighted by molar-refractivity contribution is 4.93. The zero-order valence-corrected chi connectivity index (χ0v) is 8.70. The molecule has 0 radical (unpaired) electrons. The summed E-state index contributed by atoms with van der Waals surface area (Å²) >= 11 is 0. The number of rotatable bonds is 6. The van der Waals surface area contributed by atoms with Gasteiger partial charge in [0.15, 0.2) is 5.43 Å². The van der Waals surface area contributed by atoms with Crippen LogP contribution in [-0.2, 0) is 6.54 Å². The lowest BCUT2D eigenvalue weighted by atomic mass is 10.3. The average molecular weight is 194 g/mol. The lowest BCUT2D eigenvalue weighted by Crippen LogP contribution is -2.21. The van der Waals surface area contributed by atoms with Gasteiger partial charge in [-0.2, -0.15) is 0 Å². The second kappa shape index (κ2) is 6.38. The van der Waals surface area contributed by atoms with Crippen molar-refractivity contribution in [3.63, 3.8) is 0 Å². The summed E-state index contributed by atoms with van der Waals surface area (Å²) in [6, 6.07) is 3.18. The molecular weight excluding hydrogens is 176 g/mol. The third kappa shape index (κ3) is 4.23. The Morgan fingerprint density at radius 2 is 2.00 bits per heavy atom. The second-order valence-corrected chi connectivity index (χ2v) is 3.38. The van der Waals surface area contributed by atoms with Crippen molar-refractivity contribution in [2.75, 3.05) is 13.1 Å². The molecular formula is C11H18N2O. The van der Waals surface area contributed by atoms with Crippen LogP contribution in [0.4, 0.5) is 0 Å². The van der Waals surface area contributed by atoms with Gasteiger partial charge in [0.25, 0.3) is 0 Å². The van der Waals surface area contributed by atoms with Crippen LogP contribution in [0.1, 0.15) is 19.8 Å². The molecule has 0 spiro atoms. The van der Waals surface area contributed by atoms with Gasteiger partial charge >= 0.3 is 0 Å². The van der Waals surface area contributed by atoms with E-state index < -0.39 is 0 Å². The summed E-state index contributed by atoms with van der Waals surface area (Å²) in [4.78, 5) is 10.8. The quantitative estimate of drug-likeness (QED) is 0.691. The maximum Gasteiger partial charge on any atom is 0.181 e. The molecule has 0 bridgehead atoms. The Bertz CT molecular complexity index is 286. The van der Waals surface area contributed by atoms with Gasteiger partial charge in [-0.15, -0.1) is 0 Å². The number of nitrogens with one attached hydrogen (secondary N) is 1. The van der Waals surface area contributed by atoms with Gasteiger partial charge in [-0.1, -0.05) is 13.3 Å². The van der Waals surface area contributed by atoms with Gasteiger partial charge in [0.05, 0.1) is 0 Å². The molecule has 0 saturated carbocycles. The monoisotopic (exact) mass is 194 g/mol. The molecule has 0 aliphatic rings. The molecule has 1 heterocycles. The third-order valence-corrected chi connectivity index (χ3v) is 2.11. The third-order valence-electron chi connectivity index (χ3n) is 2.11. The van der Waals surface area contributed by atoms with Crippen LogP contribution in [0.5, 0.6) is 0 Å². The SMILES string of the molecule is CCCCNCCn1ccc(=O)cc1. The topological polar surface area (TPSA) is 34.0 Å². The standard InChI is InChI=1S/C11H18N2O/c1-2-3-6-12-7-10-13-8-4-11(14)5-9-13/h4-5,8-9,12H,2-3,6-7,10H2,1H3. The van der Waals surface area contributed by atoms with Crippen molar-refractivity contribution in [2.45, 2.75) is 26.3 Å². The highest BCUT2D eigenvalue weighted by Gasteiger charge is 1.89. The van der Waals surface area contributed by atoms with E-state index in [0.29, 0.717) is 0 Å². The second-order valence-electron chi connectivity index (χ2n) is 3.38. The first-order chi connectivity index (χ1) is 6.83. The Kier molecular flexibility index (Phi) is 5.00. The predicted molar refractivity (Wildman–Crippen MR) is 58.5 cm³/mol. The first-order valence-corrected chi connectivity index (χ1v) is 5.19. The molecule has 1 aromatic rings. The van der Waals surface area contributed by atoms with Crippen molar-refractivity contribution in [3.8, 4) is 0 Å². The van der Waals surface area contributed by atoms with Crippen molar-refractivity contribution < 1.29 is 0 Å². The minimum absolute atomic E-state index is 0.0696. The van der Waals surface area contributed by atoms with Crippen molar-refractivity contribution in [1.29, 1.82) is 0 Å². The van der Waals surface area contributed by atoms with Crippen molar-refractivity contribution in [3.05, 3.63) is 34.7 Å². The Morgan fingerprint density at radius 3 is 2.64 bits per heavy atom. The summed E-state index contributed by atoms with van der Waals surface area (Å²) in [6.45, 7) is 5.15. The first kappa shape index (κ1) is 11.0. The number of unbranched alkanes of at least 4 members (excludes halogenated alkanes) is 1. The fourth-order valence-corrected chi connectivity index (χ4v) is 1.23. The van der Waals surface area contributed by atoms with Crippen molar-refractivity contribution in [2.24, 2.45) is 0 Å². The van der Waals surface area contributed by atoms with Crippen molar-refractivity contribution >= 4 is 0 Å². The molecule has 0 aromatic carbocycles. The average Bonchev–Trinajstić information content (AvgIpc) is 2.21. The van der Waals surface area contributed by atoms with E-state index in [9.17, 15) is 4.79 Å². The largest absolute Gasteiger partial charge is 0.353 e. The predicted octanol–water partition coefficient (Wildman–Crippen LogP) is 1.24. The van der Waals surface area contributed by atoms with E-state index in [1.54, 1.807) is 12.1 Å². The van der Waals surface area contributed by atoms with Gasteiger partial charge in [-0.3, -0.25) is 4.79 Å². The first-order valence-electron chi connectivity index (χ1n) is 5.19. The molecule has 0 saturated heterocycles. The van der Waals surface area contributed by atoms with Gasteiger partial charge in [-0.05, 0) is 13.0 Å². The molecule has 0 atom stereocenters. The van der Waals surface area contributed by atoms with E-state index in [0.717, 1.165) is 19.6 Å². The Labute approximate surface area is 84.8 Å². The molecule has 0 aliphatic heterocycles. The van der Waals surface area contributed by atoms with Crippen LogP contribution in [0.3, 0.4) is 0 Å². The van der Waals surface area contributed by atoms with E-state index in [1.807, 2.05) is 17.0 Å². The lowest BCUT2D eigenvalue weighted by molar-refractivity contribution is 0.578. The summed E-state index contributed by atoms with van der Waals surface area (Å²) in [5, 5.41) is 3.35. The van der Waals surface area contributed by atoms with E-state index >= 15 is 0 Å². The molecule has 0 amide bonds. The van der Waals surface area contributed by atoms with Crippen LogP contribution in [-0.4, -0.2) is 17.7 Å². The number of pyridine rings is 1. The lowest BCUT2D eigenvalue weighted by Gasteiger charge is -2.06. The molecule has 1 rings (SSSR count). The molecule has 1 aromatic heterocycles. The molecule has 14 heavy (non-hydrogen) atoms. The van der Waals surface area contributed by atoms with Gasteiger partial charge in [0.1, 0.15) is 0 Å². The zero-order valence-electron chi connectivity index (χ0n) is 8.70. The van der Waals surface area contributed by atoms with Gasteiger partial charge in [-0.25, -0.2) is 0 Å². The highest BCUT2D eigenvalue weighted by Crippen LogP contribution is 1.85. The number of hydrogen-bond acceptors (Lipinski definition) is 2. The van der Waals surface area contributed by atoms with Gasteiger partial charge in [0.2, 0.25) is 0 Å². The highest BCUT2D eigenvalue weighted by atomic mass is 16.1. The summed E-state index contributed by atoms with van der Waals surface area (Å²) in [5.41, 5.74) is 0.0696. The minimum Gasteiger partial charge on any atom is -0.353 e. The maximum absolute atomic E-state index is 10.8. The van der Waals surface area contributed by atoms with Crippen LogP contribution in [0.25, 0.3) is 0 Å². The van der Waals surface area contributed by atoms with Gasteiger partial charge in [0, 0.05) is 37.6 Å². The summed E-state index contributed by atoms with van der Waals surface area (Å²) in [6.07, 6.45) is 6.10. The maximum atomic E-state index is 10.8. The molecule has 1 N–H and O–H groups in total. The number of aromatic nitrogens is 1. The van der Waals surface area contributed by atoms with Crippen LogP contribution < -0.4 is 10.7 Å². The van der Waals surface area contributed by atoms with E-state index in [2.05, 4.69) is 12.2 Å². The fourth-order valence-electron chi connectivity index (χ4n) is 1.23. The smallest absolute Gasteiger partial charge is 0.181 e. The minimum atomic E-state index is 0.0696.